The Morgan fingerprint density at radius 3 is 2.42 bits per heavy atom. The molecule has 0 bridgehead atoms. The molecule has 0 spiro atoms. The molecule has 1 aliphatic rings. The number of nitrogens with zero attached hydrogens (tertiary/aromatic N) is 3. The lowest BCUT2D eigenvalue weighted by atomic mass is 10.2. The third-order valence-electron chi connectivity index (χ3n) is 6.21. The minimum Gasteiger partial charge on any atom is -0.449 e. The predicted molar refractivity (Wildman–Crippen MR) is 140 cm³/mol. The SMILES string of the molecule is Cc1c(NS(=O)(=O)c2ccc(Cl)c(C(=O)O[C@@H](C)C(=O)N3CCOCC3)c2)c(=O)n(-c2ccccc2)n1C. The standard InChI is InChI=1S/C25H27ClN4O7S/c1-16-22(24(32)30(28(16)3)18-7-5-4-6-8-18)27-38(34,35)19-9-10-21(26)20(15-19)25(33)37-17(2)23(31)29-11-13-36-14-12-29/h4-10,15,17,27H,11-14H2,1-3H3/t17-/m0/s1. The normalized spacial score (nSPS) is 14.7. The molecule has 2 heterocycles. The van der Waals surface area contributed by atoms with E-state index in [9.17, 15) is 22.8 Å². The number of ether oxygens (including phenoxy) is 2. The minimum absolute atomic E-state index is 0.0534. The molecule has 1 N–H and O–H groups in total. The lowest BCUT2D eigenvalue weighted by molar-refractivity contribution is -0.143. The van der Waals surface area contributed by atoms with Crippen LogP contribution in [0.1, 0.15) is 23.0 Å². The Bertz CT molecular complexity index is 1530. The molecule has 1 atom stereocenters. The van der Waals surface area contributed by atoms with Crippen molar-refractivity contribution in [2.75, 3.05) is 31.0 Å². The quantitative estimate of drug-likeness (QED) is 0.438. The minimum atomic E-state index is -4.31. The van der Waals surface area contributed by atoms with Crippen LogP contribution in [-0.4, -0.2) is 67.0 Å². The zero-order valence-electron chi connectivity index (χ0n) is 21.0. The van der Waals surface area contributed by atoms with Gasteiger partial charge in [0.1, 0.15) is 5.69 Å². The van der Waals surface area contributed by atoms with Gasteiger partial charge in [-0.2, -0.15) is 0 Å². The van der Waals surface area contributed by atoms with Gasteiger partial charge in [0.2, 0.25) is 0 Å². The number of anilines is 1. The molecule has 2 aromatic carbocycles. The summed E-state index contributed by atoms with van der Waals surface area (Å²) in [5.41, 5.74) is 0.00363. The lowest BCUT2D eigenvalue weighted by Crippen LogP contribution is -2.46. The second-order valence-electron chi connectivity index (χ2n) is 8.67. The Balaban J connectivity index is 1.58. The average molecular weight is 563 g/mol. The maximum Gasteiger partial charge on any atom is 0.340 e. The van der Waals surface area contributed by atoms with Gasteiger partial charge in [0.25, 0.3) is 21.5 Å². The van der Waals surface area contributed by atoms with Crippen molar-refractivity contribution in [3.05, 3.63) is 75.2 Å². The van der Waals surface area contributed by atoms with Crippen LogP contribution in [0.5, 0.6) is 0 Å². The molecule has 0 radical (unpaired) electrons. The van der Waals surface area contributed by atoms with E-state index in [-0.39, 0.29) is 21.2 Å². The maximum absolute atomic E-state index is 13.2. The first-order chi connectivity index (χ1) is 18.0. The van der Waals surface area contributed by atoms with E-state index in [0.29, 0.717) is 37.7 Å². The molecule has 0 saturated carbocycles. The fraction of sp³-hybridized carbons (Fsp3) is 0.320. The first-order valence-corrected chi connectivity index (χ1v) is 13.6. The van der Waals surface area contributed by atoms with Crippen molar-refractivity contribution in [3.8, 4) is 5.69 Å². The van der Waals surface area contributed by atoms with E-state index >= 15 is 0 Å². The topological polar surface area (TPSA) is 129 Å². The van der Waals surface area contributed by atoms with Gasteiger partial charge in [0.05, 0.1) is 40.1 Å². The molecule has 3 aromatic rings. The Labute approximate surface area is 224 Å². The predicted octanol–water partition coefficient (Wildman–Crippen LogP) is 2.34. The number of morpholine rings is 1. The Kier molecular flexibility index (Phi) is 7.95. The average Bonchev–Trinajstić information content (AvgIpc) is 3.11. The van der Waals surface area contributed by atoms with Gasteiger partial charge in [-0.25, -0.2) is 17.9 Å². The third kappa shape index (κ3) is 5.47. The van der Waals surface area contributed by atoms with E-state index in [4.69, 9.17) is 21.1 Å². The number of esters is 1. The molecular formula is C25H27ClN4O7S. The van der Waals surface area contributed by atoms with Gasteiger partial charge in [-0.05, 0) is 44.2 Å². The molecule has 38 heavy (non-hydrogen) atoms. The van der Waals surface area contributed by atoms with Crippen LogP contribution in [0.25, 0.3) is 5.69 Å². The van der Waals surface area contributed by atoms with Crippen molar-refractivity contribution >= 4 is 39.2 Å². The Hall–Kier alpha value is -3.61. The molecule has 1 aliphatic heterocycles. The third-order valence-corrected chi connectivity index (χ3v) is 7.89. The van der Waals surface area contributed by atoms with Crippen LogP contribution in [0.15, 0.2) is 58.2 Å². The number of halogens is 1. The molecule has 1 aromatic heterocycles. The van der Waals surface area contributed by atoms with Gasteiger partial charge < -0.3 is 14.4 Å². The van der Waals surface area contributed by atoms with E-state index in [1.807, 2.05) is 0 Å². The van der Waals surface area contributed by atoms with E-state index in [1.165, 1.54) is 33.3 Å². The summed E-state index contributed by atoms with van der Waals surface area (Å²) in [7, 11) is -2.67. The van der Waals surface area contributed by atoms with Crippen molar-refractivity contribution in [1.82, 2.24) is 14.3 Å². The van der Waals surface area contributed by atoms with Crippen molar-refractivity contribution in [2.45, 2.75) is 24.8 Å². The van der Waals surface area contributed by atoms with E-state index in [0.717, 1.165) is 6.07 Å². The number of nitrogens with one attached hydrogen (secondary N) is 1. The summed E-state index contributed by atoms with van der Waals surface area (Å²) in [4.78, 5) is 39.8. The van der Waals surface area contributed by atoms with Crippen molar-refractivity contribution in [1.29, 1.82) is 0 Å². The summed E-state index contributed by atoms with van der Waals surface area (Å²) in [6, 6.07) is 12.3. The maximum atomic E-state index is 13.2. The van der Waals surface area contributed by atoms with Crippen LogP contribution in [0.4, 0.5) is 5.69 Å². The molecule has 13 heteroatoms. The summed E-state index contributed by atoms with van der Waals surface area (Å²) in [6.45, 7) is 4.58. The molecule has 0 unspecified atom stereocenters. The van der Waals surface area contributed by atoms with Crippen molar-refractivity contribution < 1.29 is 27.5 Å². The highest BCUT2D eigenvalue weighted by molar-refractivity contribution is 7.92. The second-order valence-corrected chi connectivity index (χ2v) is 10.8. The number of carbonyl (C=O) groups excluding carboxylic acids is 2. The number of benzene rings is 2. The largest absolute Gasteiger partial charge is 0.449 e. The number of hydrogen-bond donors (Lipinski definition) is 1. The molecular weight excluding hydrogens is 536 g/mol. The molecule has 4 rings (SSSR count). The Morgan fingerprint density at radius 2 is 1.76 bits per heavy atom. The first kappa shape index (κ1) is 27.4. The monoisotopic (exact) mass is 562 g/mol. The Morgan fingerprint density at radius 1 is 1.11 bits per heavy atom. The number of amides is 1. The zero-order valence-corrected chi connectivity index (χ0v) is 22.6. The van der Waals surface area contributed by atoms with Crippen molar-refractivity contribution in [2.24, 2.45) is 7.05 Å². The van der Waals surface area contributed by atoms with Crippen LogP contribution < -0.4 is 10.3 Å². The van der Waals surface area contributed by atoms with E-state index in [1.54, 1.807) is 44.3 Å². The number of para-hydroxylation sites is 1. The molecule has 0 aliphatic carbocycles. The zero-order chi connectivity index (χ0) is 27.6. The highest BCUT2D eigenvalue weighted by Crippen LogP contribution is 2.24. The number of aromatic nitrogens is 2. The van der Waals surface area contributed by atoms with E-state index in [2.05, 4.69) is 4.72 Å². The summed E-state index contributed by atoms with van der Waals surface area (Å²) in [5.74, 6) is -1.35. The number of sulfonamides is 1. The highest BCUT2D eigenvalue weighted by Gasteiger charge is 2.28. The van der Waals surface area contributed by atoms with Gasteiger partial charge in [-0.3, -0.25) is 19.0 Å². The van der Waals surface area contributed by atoms with Crippen LogP contribution >= 0.6 is 11.6 Å². The fourth-order valence-electron chi connectivity index (χ4n) is 4.02. The van der Waals surface area contributed by atoms with E-state index < -0.39 is 33.6 Å². The number of rotatable bonds is 7. The first-order valence-electron chi connectivity index (χ1n) is 11.7. The second kappa shape index (κ2) is 11.0. The lowest BCUT2D eigenvalue weighted by Gasteiger charge is -2.29. The van der Waals surface area contributed by atoms with Gasteiger partial charge in [-0.15, -0.1) is 0 Å². The van der Waals surface area contributed by atoms with Crippen LogP contribution in [0.3, 0.4) is 0 Å². The molecule has 202 valence electrons. The summed E-state index contributed by atoms with van der Waals surface area (Å²) < 4.78 is 42.2. The van der Waals surface area contributed by atoms with Gasteiger partial charge in [0.15, 0.2) is 6.10 Å². The van der Waals surface area contributed by atoms with Gasteiger partial charge in [0, 0.05) is 20.1 Å². The molecule has 1 saturated heterocycles. The smallest absolute Gasteiger partial charge is 0.340 e. The van der Waals surface area contributed by atoms with Crippen LogP contribution in [0, 0.1) is 6.92 Å². The highest BCUT2D eigenvalue weighted by atomic mass is 35.5. The molecule has 1 fully saturated rings. The summed E-state index contributed by atoms with van der Waals surface area (Å²) in [6.07, 6.45) is -1.11. The summed E-state index contributed by atoms with van der Waals surface area (Å²) >= 11 is 6.17. The number of carbonyl (C=O) groups is 2. The van der Waals surface area contributed by atoms with Gasteiger partial charge in [-0.1, -0.05) is 29.8 Å². The van der Waals surface area contributed by atoms with Gasteiger partial charge >= 0.3 is 5.97 Å². The van der Waals surface area contributed by atoms with Crippen LogP contribution in [0.2, 0.25) is 5.02 Å². The van der Waals surface area contributed by atoms with Crippen LogP contribution in [-0.2, 0) is 31.3 Å². The summed E-state index contributed by atoms with van der Waals surface area (Å²) in [5, 5.41) is -0.0534. The molecule has 11 nitrogen and oxygen atoms in total. The van der Waals surface area contributed by atoms with Crippen molar-refractivity contribution in [3.63, 3.8) is 0 Å². The molecule has 1 amide bonds. The number of hydrogen-bond acceptors (Lipinski definition) is 7. The fourth-order valence-corrected chi connectivity index (χ4v) is 5.36.